The molecular weight excluding hydrogens is 192 g/mol. The first-order chi connectivity index (χ1) is 7.93. The molecule has 0 N–H and O–H groups in total. The van der Waals surface area contributed by atoms with Gasteiger partial charge in [0, 0.05) is 12.0 Å². The van der Waals surface area contributed by atoms with Crippen LogP contribution >= 0.6 is 0 Å². The van der Waals surface area contributed by atoms with Crippen LogP contribution in [0.4, 0.5) is 0 Å². The van der Waals surface area contributed by atoms with E-state index in [1.165, 1.54) is 25.7 Å². The summed E-state index contributed by atoms with van der Waals surface area (Å²) in [7, 11) is 0. The minimum Gasteiger partial charge on any atom is -0.0891 e. The van der Waals surface area contributed by atoms with Crippen molar-refractivity contribution in [2.45, 2.75) is 39.0 Å². The molecule has 0 aromatic heterocycles. The number of hydrogen-bond acceptors (Lipinski definition) is 0. The molecule has 0 fully saturated rings. The predicted molar refractivity (Wildman–Crippen MR) is 69.9 cm³/mol. The summed E-state index contributed by atoms with van der Waals surface area (Å²) in [5.41, 5.74) is 1.03. The lowest BCUT2D eigenvalue weighted by Gasteiger charge is -1.90. The summed E-state index contributed by atoms with van der Waals surface area (Å²) < 4.78 is 0. The van der Waals surface area contributed by atoms with Gasteiger partial charge in [0.2, 0.25) is 0 Å². The summed E-state index contributed by atoms with van der Waals surface area (Å²) in [5.74, 6) is 11.9. The Labute approximate surface area is 99.1 Å². The van der Waals surface area contributed by atoms with Gasteiger partial charge in [-0.1, -0.05) is 56.2 Å². The summed E-state index contributed by atoms with van der Waals surface area (Å²) in [6, 6.07) is 9.96. The standard InChI is InChI=1S/C16H18/c1-2-3-4-5-6-7-8-10-13-16-14-11-9-12-15-16/h9,11-12,14-15H,2-6H2,1H3. The maximum Gasteiger partial charge on any atom is 0.0255 e. The number of hydrogen-bond donors (Lipinski definition) is 0. The lowest BCUT2D eigenvalue weighted by Crippen LogP contribution is -1.73. The fourth-order valence-electron chi connectivity index (χ4n) is 1.37. The van der Waals surface area contributed by atoms with Gasteiger partial charge in [-0.3, -0.25) is 0 Å². The molecule has 0 saturated heterocycles. The molecule has 0 nitrogen and oxygen atoms in total. The molecule has 0 saturated carbocycles. The van der Waals surface area contributed by atoms with Crippen LogP contribution in [0, 0.1) is 23.7 Å². The van der Waals surface area contributed by atoms with Gasteiger partial charge < -0.3 is 0 Å². The van der Waals surface area contributed by atoms with Crippen LogP contribution in [0.25, 0.3) is 0 Å². The first-order valence-electron chi connectivity index (χ1n) is 5.97. The average Bonchev–Trinajstić information content (AvgIpc) is 2.34. The molecule has 0 amide bonds. The van der Waals surface area contributed by atoms with E-state index in [1.807, 2.05) is 30.3 Å². The van der Waals surface area contributed by atoms with Crippen LogP contribution in [0.15, 0.2) is 30.3 Å². The normalized spacial score (nSPS) is 8.56. The Morgan fingerprint density at radius 3 is 2.50 bits per heavy atom. The zero-order chi connectivity index (χ0) is 11.5. The molecule has 1 aromatic rings. The Morgan fingerprint density at radius 2 is 1.75 bits per heavy atom. The Morgan fingerprint density at radius 1 is 0.938 bits per heavy atom. The molecule has 0 aliphatic heterocycles. The molecule has 1 rings (SSSR count). The molecular formula is C16H18. The van der Waals surface area contributed by atoms with Crippen LogP contribution in [-0.2, 0) is 0 Å². The fraction of sp³-hybridized carbons (Fsp3) is 0.375. The molecule has 1 aromatic carbocycles. The maximum absolute atomic E-state index is 3.09. The third-order valence-corrected chi connectivity index (χ3v) is 2.29. The smallest absolute Gasteiger partial charge is 0.0255 e. The number of benzene rings is 1. The zero-order valence-electron chi connectivity index (χ0n) is 9.92. The summed E-state index contributed by atoms with van der Waals surface area (Å²) in [5, 5.41) is 0. The van der Waals surface area contributed by atoms with Crippen LogP contribution < -0.4 is 0 Å². The molecule has 82 valence electrons. The Hall–Kier alpha value is -1.66. The number of unbranched alkanes of at least 4 members (excludes halogenated alkanes) is 4. The summed E-state index contributed by atoms with van der Waals surface area (Å²) in [4.78, 5) is 0. The quantitative estimate of drug-likeness (QED) is 0.520. The molecule has 0 spiro atoms. The van der Waals surface area contributed by atoms with Gasteiger partial charge in [0.05, 0.1) is 0 Å². The van der Waals surface area contributed by atoms with E-state index in [1.54, 1.807) is 0 Å². The Bertz CT molecular complexity index is 392. The van der Waals surface area contributed by atoms with Crippen molar-refractivity contribution in [3.05, 3.63) is 35.9 Å². The molecule has 0 bridgehead atoms. The highest BCUT2D eigenvalue weighted by Gasteiger charge is 1.83. The van der Waals surface area contributed by atoms with Crippen LogP contribution in [0.2, 0.25) is 0 Å². The fourth-order valence-corrected chi connectivity index (χ4v) is 1.37. The highest BCUT2D eigenvalue weighted by atomic mass is 13.9. The Kier molecular flexibility index (Phi) is 6.70. The monoisotopic (exact) mass is 210 g/mol. The summed E-state index contributed by atoms with van der Waals surface area (Å²) in [6.07, 6.45) is 6.06. The van der Waals surface area contributed by atoms with E-state index in [0.29, 0.717) is 0 Å². The first kappa shape index (κ1) is 12.4. The largest absolute Gasteiger partial charge is 0.0891 e. The van der Waals surface area contributed by atoms with E-state index in [2.05, 4.69) is 30.6 Å². The maximum atomic E-state index is 3.09. The minimum atomic E-state index is 0.976. The minimum absolute atomic E-state index is 0.976. The molecule has 0 unspecified atom stereocenters. The molecule has 0 heterocycles. The average molecular weight is 210 g/mol. The van der Waals surface area contributed by atoms with Gasteiger partial charge in [-0.05, 0) is 30.4 Å². The third kappa shape index (κ3) is 5.94. The van der Waals surface area contributed by atoms with Gasteiger partial charge in [0.1, 0.15) is 0 Å². The van der Waals surface area contributed by atoms with Crippen molar-refractivity contribution in [2.75, 3.05) is 0 Å². The molecule has 0 aliphatic rings. The second-order valence-electron chi connectivity index (χ2n) is 3.73. The van der Waals surface area contributed by atoms with Crippen molar-refractivity contribution in [2.24, 2.45) is 0 Å². The molecule has 0 heteroatoms. The van der Waals surface area contributed by atoms with Crippen LogP contribution in [0.3, 0.4) is 0 Å². The van der Waals surface area contributed by atoms with Crippen molar-refractivity contribution < 1.29 is 0 Å². The summed E-state index contributed by atoms with van der Waals surface area (Å²) in [6.45, 7) is 2.22. The van der Waals surface area contributed by atoms with Gasteiger partial charge in [0.15, 0.2) is 0 Å². The van der Waals surface area contributed by atoms with Gasteiger partial charge in [-0.25, -0.2) is 0 Å². The van der Waals surface area contributed by atoms with Crippen molar-refractivity contribution >= 4 is 0 Å². The molecule has 0 atom stereocenters. The van der Waals surface area contributed by atoms with E-state index in [0.717, 1.165) is 12.0 Å². The van der Waals surface area contributed by atoms with Crippen LogP contribution in [-0.4, -0.2) is 0 Å². The lowest BCUT2D eigenvalue weighted by atomic mass is 10.2. The van der Waals surface area contributed by atoms with Gasteiger partial charge >= 0.3 is 0 Å². The second kappa shape index (κ2) is 8.63. The third-order valence-electron chi connectivity index (χ3n) is 2.29. The lowest BCUT2D eigenvalue weighted by molar-refractivity contribution is 0.680. The highest BCUT2D eigenvalue weighted by molar-refractivity contribution is 5.39. The van der Waals surface area contributed by atoms with Gasteiger partial charge in [-0.2, -0.15) is 0 Å². The van der Waals surface area contributed by atoms with E-state index in [4.69, 9.17) is 0 Å². The van der Waals surface area contributed by atoms with Crippen molar-refractivity contribution in [3.8, 4) is 23.7 Å². The first-order valence-corrected chi connectivity index (χ1v) is 5.97. The van der Waals surface area contributed by atoms with E-state index < -0.39 is 0 Å². The van der Waals surface area contributed by atoms with E-state index in [-0.39, 0.29) is 0 Å². The second-order valence-corrected chi connectivity index (χ2v) is 3.73. The van der Waals surface area contributed by atoms with Crippen molar-refractivity contribution in [1.82, 2.24) is 0 Å². The van der Waals surface area contributed by atoms with Crippen molar-refractivity contribution in [1.29, 1.82) is 0 Å². The van der Waals surface area contributed by atoms with E-state index >= 15 is 0 Å². The SMILES string of the molecule is CCCCCCC#CC#Cc1ccccc1. The van der Waals surface area contributed by atoms with Gasteiger partial charge in [-0.15, -0.1) is 0 Å². The van der Waals surface area contributed by atoms with Crippen LogP contribution in [0.1, 0.15) is 44.6 Å². The summed E-state index contributed by atoms with van der Waals surface area (Å²) >= 11 is 0. The van der Waals surface area contributed by atoms with Gasteiger partial charge in [0.25, 0.3) is 0 Å². The topological polar surface area (TPSA) is 0 Å². The zero-order valence-corrected chi connectivity index (χ0v) is 9.92. The van der Waals surface area contributed by atoms with Crippen molar-refractivity contribution in [3.63, 3.8) is 0 Å². The molecule has 0 aliphatic carbocycles. The molecule has 0 radical (unpaired) electrons. The Balaban J connectivity index is 2.24. The van der Waals surface area contributed by atoms with E-state index in [9.17, 15) is 0 Å². The predicted octanol–water partition coefficient (Wildman–Crippen LogP) is 4.01. The number of rotatable bonds is 4. The van der Waals surface area contributed by atoms with Crippen LogP contribution in [0.5, 0.6) is 0 Å². The highest BCUT2D eigenvalue weighted by Crippen LogP contribution is 2.00. The molecule has 16 heavy (non-hydrogen) atoms.